The molecule has 0 bridgehead atoms. The Balaban J connectivity index is 1.90. The summed E-state index contributed by atoms with van der Waals surface area (Å²) < 4.78 is 0. The number of hydrogen-bond acceptors (Lipinski definition) is 2. The van der Waals surface area contributed by atoms with E-state index in [-0.39, 0.29) is 0 Å². The fraction of sp³-hybridized carbons (Fsp3) is 0.931. The lowest BCUT2D eigenvalue weighted by atomic mass is 10.0. The van der Waals surface area contributed by atoms with Crippen LogP contribution in [0.25, 0.3) is 0 Å². The Morgan fingerprint density at radius 2 is 0.839 bits per heavy atom. The zero-order valence-electron chi connectivity index (χ0n) is 21.9. The van der Waals surface area contributed by atoms with Crippen LogP contribution >= 0.6 is 0 Å². The molecular formula is C29H58N2. The largest absolute Gasteiger partial charge is 0.356 e. The van der Waals surface area contributed by atoms with Crippen LogP contribution in [0.2, 0.25) is 0 Å². The molecule has 0 aromatic heterocycles. The van der Waals surface area contributed by atoms with E-state index < -0.39 is 0 Å². The minimum absolute atomic E-state index is 0.637. The summed E-state index contributed by atoms with van der Waals surface area (Å²) in [4.78, 5) is 5.16. The third-order valence-corrected chi connectivity index (χ3v) is 7.17. The molecule has 2 heteroatoms. The summed E-state index contributed by atoms with van der Waals surface area (Å²) in [5.41, 5.74) is 0. The van der Waals surface area contributed by atoms with E-state index in [1.807, 2.05) is 0 Å². The summed E-state index contributed by atoms with van der Waals surface area (Å²) in [5.74, 6) is 0. The Kier molecular flexibility index (Phi) is 19.4. The first-order chi connectivity index (χ1) is 15.3. The maximum Gasteiger partial charge on any atom is 0.101 e. The van der Waals surface area contributed by atoms with Gasteiger partial charge in [-0.25, -0.2) is 0 Å². The molecule has 0 aromatic carbocycles. The van der Waals surface area contributed by atoms with E-state index in [9.17, 15) is 0 Å². The maximum absolute atomic E-state index is 2.62. The van der Waals surface area contributed by atoms with Crippen molar-refractivity contribution in [2.24, 2.45) is 0 Å². The summed E-state index contributed by atoms with van der Waals surface area (Å²) in [6, 6.07) is 0. The van der Waals surface area contributed by atoms with E-state index in [1.54, 1.807) is 0 Å². The number of hydrogen-bond donors (Lipinski definition) is 0. The molecule has 1 atom stereocenters. The molecular weight excluding hydrogens is 376 g/mol. The molecule has 1 unspecified atom stereocenters. The van der Waals surface area contributed by atoms with Crippen LogP contribution in [0, 0.1) is 0 Å². The molecule has 1 aliphatic rings. The molecule has 0 saturated heterocycles. The standard InChI is InChI=1S/C29H58N2/c1-4-7-9-11-12-13-14-15-16-17-18-19-20-21-22-24-26-31-28-27-30(6-3)29(31)25-23-10-8-5-2/h27-29H,4-26H2,1-3H3. The highest BCUT2D eigenvalue weighted by atomic mass is 15.4. The minimum atomic E-state index is 0.637. The van der Waals surface area contributed by atoms with Crippen molar-refractivity contribution in [1.82, 2.24) is 9.80 Å². The van der Waals surface area contributed by atoms with E-state index in [1.165, 1.54) is 141 Å². The molecule has 184 valence electrons. The SMILES string of the molecule is CCCCCCCCCCCCCCCCCCN1C=CN(CC)C1CCCCCC. The van der Waals surface area contributed by atoms with Crippen LogP contribution in [0.15, 0.2) is 12.4 Å². The van der Waals surface area contributed by atoms with Gasteiger partial charge in [0.05, 0.1) is 0 Å². The van der Waals surface area contributed by atoms with Crippen LogP contribution in [-0.2, 0) is 0 Å². The normalized spacial score (nSPS) is 16.0. The van der Waals surface area contributed by atoms with Gasteiger partial charge in [0.15, 0.2) is 0 Å². The average Bonchev–Trinajstić information content (AvgIpc) is 3.18. The highest BCUT2D eigenvalue weighted by molar-refractivity contribution is 4.96. The first kappa shape index (κ1) is 28.4. The molecule has 1 aliphatic heterocycles. The summed E-state index contributed by atoms with van der Waals surface area (Å²) in [6.45, 7) is 9.30. The smallest absolute Gasteiger partial charge is 0.101 e. The predicted molar refractivity (Wildman–Crippen MR) is 140 cm³/mol. The third kappa shape index (κ3) is 14.9. The topological polar surface area (TPSA) is 6.48 Å². The van der Waals surface area contributed by atoms with Gasteiger partial charge in [0.1, 0.15) is 6.17 Å². The van der Waals surface area contributed by atoms with Crippen molar-refractivity contribution >= 4 is 0 Å². The van der Waals surface area contributed by atoms with Crippen LogP contribution in [0.4, 0.5) is 0 Å². The van der Waals surface area contributed by atoms with Gasteiger partial charge in [-0.3, -0.25) is 0 Å². The third-order valence-electron chi connectivity index (χ3n) is 7.17. The first-order valence-corrected chi connectivity index (χ1v) is 14.5. The number of nitrogens with zero attached hydrogens (tertiary/aromatic N) is 2. The molecule has 0 N–H and O–H groups in total. The van der Waals surface area contributed by atoms with E-state index in [0.29, 0.717) is 6.17 Å². The minimum Gasteiger partial charge on any atom is -0.356 e. The molecule has 31 heavy (non-hydrogen) atoms. The molecule has 2 nitrogen and oxygen atoms in total. The van der Waals surface area contributed by atoms with E-state index >= 15 is 0 Å². The van der Waals surface area contributed by atoms with Crippen molar-refractivity contribution in [3.63, 3.8) is 0 Å². The Hall–Kier alpha value is -0.660. The lowest BCUT2D eigenvalue weighted by Gasteiger charge is -2.32. The lowest BCUT2D eigenvalue weighted by Crippen LogP contribution is -2.38. The second-order valence-electron chi connectivity index (χ2n) is 10.00. The van der Waals surface area contributed by atoms with Gasteiger partial charge < -0.3 is 9.80 Å². The fourth-order valence-electron chi connectivity index (χ4n) is 5.03. The Morgan fingerprint density at radius 1 is 0.452 bits per heavy atom. The molecule has 0 radical (unpaired) electrons. The molecule has 0 aromatic rings. The van der Waals surface area contributed by atoms with Crippen LogP contribution in [0.1, 0.15) is 156 Å². The maximum atomic E-state index is 2.62. The second kappa shape index (κ2) is 21.2. The molecule has 0 aliphatic carbocycles. The van der Waals surface area contributed by atoms with E-state index in [0.717, 1.165) is 6.54 Å². The van der Waals surface area contributed by atoms with Crippen molar-refractivity contribution in [3.8, 4) is 0 Å². The summed E-state index contributed by atoms with van der Waals surface area (Å²) in [5, 5.41) is 0. The van der Waals surface area contributed by atoms with Gasteiger partial charge in [0, 0.05) is 25.5 Å². The van der Waals surface area contributed by atoms with Gasteiger partial charge in [-0.05, 0) is 26.2 Å². The van der Waals surface area contributed by atoms with Gasteiger partial charge >= 0.3 is 0 Å². The van der Waals surface area contributed by atoms with Crippen LogP contribution < -0.4 is 0 Å². The number of unbranched alkanes of at least 4 members (excludes halogenated alkanes) is 18. The molecule has 1 heterocycles. The van der Waals surface area contributed by atoms with Gasteiger partial charge in [0.2, 0.25) is 0 Å². The van der Waals surface area contributed by atoms with Gasteiger partial charge in [-0.2, -0.15) is 0 Å². The van der Waals surface area contributed by atoms with Crippen molar-refractivity contribution in [2.75, 3.05) is 13.1 Å². The molecule has 0 fully saturated rings. The molecule has 0 amide bonds. The number of rotatable bonds is 23. The van der Waals surface area contributed by atoms with Crippen molar-refractivity contribution in [1.29, 1.82) is 0 Å². The van der Waals surface area contributed by atoms with Crippen molar-refractivity contribution < 1.29 is 0 Å². The molecule has 0 saturated carbocycles. The summed E-state index contributed by atoms with van der Waals surface area (Å²) >= 11 is 0. The van der Waals surface area contributed by atoms with Crippen molar-refractivity contribution in [2.45, 2.75) is 162 Å². The highest BCUT2D eigenvalue weighted by Crippen LogP contribution is 2.22. The second-order valence-corrected chi connectivity index (χ2v) is 10.00. The zero-order chi connectivity index (χ0) is 22.4. The Morgan fingerprint density at radius 3 is 1.29 bits per heavy atom. The fourth-order valence-corrected chi connectivity index (χ4v) is 5.03. The van der Waals surface area contributed by atoms with Crippen molar-refractivity contribution in [3.05, 3.63) is 12.4 Å². The average molecular weight is 435 g/mol. The van der Waals surface area contributed by atoms with E-state index in [4.69, 9.17) is 0 Å². The van der Waals surface area contributed by atoms with Gasteiger partial charge in [-0.1, -0.05) is 129 Å². The molecule has 0 spiro atoms. The van der Waals surface area contributed by atoms with Gasteiger partial charge in [0.25, 0.3) is 0 Å². The van der Waals surface area contributed by atoms with Crippen LogP contribution in [0.3, 0.4) is 0 Å². The van der Waals surface area contributed by atoms with E-state index in [2.05, 4.69) is 43.0 Å². The monoisotopic (exact) mass is 434 g/mol. The van der Waals surface area contributed by atoms with Crippen LogP contribution in [-0.4, -0.2) is 29.1 Å². The predicted octanol–water partition coefficient (Wildman–Crippen LogP) is 9.65. The first-order valence-electron chi connectivity index (χ1n) is 14.5. The summed E-state index contributed by atoms with van der Waals surface area (Å²) in [7, 11) is 0. The Labute approximate surface area is 197 Å². The highest BCUT2D eigenvalue weighted by Gasteiger charge is 2.23. The van der Waals surface area contributed by atoms with Gasteiger partial charge in [-0.15, -0.1) is 0 Å². The summed E-state index contributed by atoms with van der Waals surface area (Å²) in [6.07, 6.45) is 35.4. The Bertz CT molecular complexity index is 392. The molecule has 1 rings (SSSR count). The lowest BCUT2D eigenvalue weighted by molar-refractivity contribution is 0.142. The zero-order valence-corrected chi connectivity index (χ0v) is 21.9. The van der Waals surface area contributed by atoms with Crippen LogP contribution in [0.5, 0.6) is 0 Å². The quantitative estimate of drug-likeness (QED) is 0.148.